The van der Waals surface area contributed by atoms with Gasteiger partial charge in [0.15, 0.2) is 0 Å². The average molecular weight is 282 g/mol. The van der Waals surface area contributed by atoms with Crippen molar-refractivity contribution < 1.29 is 4.92 Å². The number of nitrogens with one attached hydrogen (secondary N) is 1. The number of nitrogens with zero attached hydrogens (tertiary/aromatic N) is 3. The zero-order valence-corrected chi connectivity index (χ0v) is 13.5. The van der Waals surface area contributed by atoms with Gasteiger partial charge in [-0.05, 0) is 33.2 Å². The van der Waals surface area contributed by atoms with Crippen molar-refractivity contribution in [3.63, 3.8) is 0 Å². The number of aryl methyl sites for hydroxylation is 1. The van der Waals surface area contributed by atoms with Gasteiger partial charge in [0, 0.05) is 18.5 Å². The second-order valence-corrected chi connectivity index (χ2v) is 6.59. The van der Waals surface area contributed by atoms with Crippen molar-refractivity contribution in [2.24, 2.45) is 5.41 Å². The van der Waals surface area contributed by atoms with E-state index >= 15 is 0 Å². The van der Waals surface area contributed by atoms with Crippen molar-refractivity contribution in [1.29, 1.82) is 0 Å². The van der Waals surface area contributed by atoms with E-state index in [0.717, 1.165) is 0 Å². The van der Waals surface area contributed by atoms with E-state index in [0.29, 0.717) is 17.8 Å². The molecule has 1 unspecified atom stereocenters. The summed E-state index contributed by atoms with van der Waals surface area (Å²) in [5.41, 5.74) is 1.37. The predicted octanol–water partition coefficient (Wildman–Crippen LogP) is 2.86. The van der Waals surface area contributed by atoms with Gasteiger partial charge in [0.1, 0.15) is 11.4 Å². The minimum atomic E-state index is -0.314. The van der Waals surface area contributed by atoms with Gasteiger partial charge < -0.3 is 5.32 Å². The second kappa shape index (κ2) is 5.91. The third kappa shape index (κ3) is 3.36. The molecule has 20 heavy (non-hydrogen) atoms. The van der Waals surface area contributed by atoms with E-state index in [1.807, 2.05) is 20.9 Å². The first-order chi connectivity index (χ1) is 9.09. The van der Waals surface area contributed by atoms with Crippen molar-refractivity contribution in [2.45, 2.75) is 60.0 Å². The predicted molar refractivity (Wildman–Crippen MR) is 80.0 cm³/mol. The molecule has 0 radical (unpaired) electrons. The summed E-state index contributed by atoms with van der Waals surface area (Å²) in [6, 6.07) is 0.254. The van der Waals surface area contributed by atoms with Gasteiger partial charge in [0.05, 0.1) is 4.92 Å². The number of aromatic nitrogens is 2. The Morgan fingerprint density at radius 1 is 1.40 bits per heavy atom. The summed E-state index contributed by atoms with van der Waals surface area (Å²) in [7, 11) is 1.89. The van der Waals surface area contributed by atoms with Crippen LogP contribution in [0.2, 0.25) is 0 Å². The molecule has 1 N–H and O–H groups in total. The Balaban J connectivity index is 3.31. The lowest BCUT2D eigenvalue weighted by Gasteiger charge is -2.30. The van der Waals surface area contributed by atoms with E-state index in [2.05, 4.69) is 31.2 Å². The Hall–Kier alpha value is -1.43. The maximum atomic E-state index is 11.3. The Morgan fingerprint density at radius 3 is 2.30 bits per heavy atom. The lowest BCUT2D eigenvalue weighted by atomic mass is 9.84. The zero-order chi connectivity index (χ0) is 15.7. The van der Waals surface area contributed by atoms with Crippen LogP contribution in [-0.2, 0) is 6.42 Å². The summed E-state index contributed by atoms with van der Waals surface area (Å²) in [4.78, 5) is 11.0. The Bertz CT molecular complexity index is 486. The van der Waals surface area contributed by atoms with Gasteiger partial charge in [-0.1, -0.05) is 20.8 Å². The minimum absolute atomic E-state index is 0.0165. The molecule has 0 bridgehead atoms. The first-order valence-corrected chi connectivity index (χ1v) is 6.99. The quantitative estimate of drug-likeness (QED) is 0.665. The van der Waals surface area contributed by atoms with Crippen LogP contribution in [0.3, 0.4) is 0 Å². The minimum Gasteiger partial charge on any atom is -0.316 e. The van der Waals surface area contributed by atoms with E-state index in [-0.39, 0.29) is 28.1 Å². The summed E-state index contributed by atoms with van der Waals surface area (Å²) in [6.45, 7) is 12.1. The molecule has 0 aliphatic rings. The highest BCUT2D eigenvalue weighted by atomic mass is 16.6. The van der Waals surface area contributed by atoms with Crippen LogP contribution in [0.25, 0.3) is 0 Å². The highest BCUT2D eigenvalue weighted by Gasteiger charge is 2.31. The first kappa shape index (κ1) is 16.6. The molecule has 0 aliphatic carbocycles. The fourth-order valence-corrected chi connectivity index (χ4v) is 2.48. The molecule has 1 aromatic rings. The normalized spacial score (nSPS) is 13.8. The molecule has 114 valence electrons. The first-order valence-electron chi connectivity index (χ1n) is 6.99. The van der Waals surface area contributed by atoms with Crippen molar-refractivity contribution in [1.82, 2.24) is 15.1 Å². The van der Waals surface area contributed by atoms with Gasteiger partial charge in [-0.3, -0.25) is 14.8 Å². The monoisotopic (exact) mass is 282 g/mol. The van der Waals surface area contributed by atoms with Crippen LogP contribution in [0, 0.1) is 22.5 Å². The van der Waals surface area contributed by atoms with Crippen molar-refractivity contribution in [3.05, 3.63) is 21.5 Å². The Labute approximate surface area is 120 Å². The molecule has 1 atom stereocenters. The molecule has 1 rings (SSSR count). The maximum absolute atomic E-state index is 11.3. The molecular weight excluding hydrogens is 256 g/mol. The third-order valence-corrected chi connectivity index (χ3v) is 3.61. The number of likely N-dealkylation sites (N-methyl/N-ethyl adjacent to an activating group) is 1. The highest BCUT2D eigenvalue weighted by Crippen LogP contribution is 2.30. The molecule has 0 saturated carbocycles. The lowest BCUT2D eigenvalue weighted by Crippen LogP contribution is -2.40. The topological polar surface area (TPSA) is 73.0 Å². The summed E-state index contributed by atoms with van der Waals surface area (Å²) in [5, 5.41) is 18.9. The molecular formula is C14H26N4O2. The third-order valence-electron chi connectivity index (χ3n) is 3.61. The van der Waals surface area contributed by atoms with E-state index < -0.39 is 0 Å². The number of hydrogen-bond acceptors (Lipinski definition) is 4. The van der Waals surface area contributed by atoms with Crippen LogP contribution >= 0.6 is 0 Å². The van der Waals surface area contributed by atoms with Crippen molar-refractivity contribution in [2.75, 3.05) is 7.05 Å². The number of nitro groups is 1. The standard InChI is InChI=1S/C14H26N4O2/c1-9(2)17-11(8-12(15-7)14(4,5)6)13(18(19)20)10(3)16-17/h9,12,15H,8H2,1-7H3. The van der Waals surface area contributed by atoms with Crippen molar-refractivity contribution >= 4 is 5.69 Å². The van der Waals surface area contributed by atoms with Gasteiger partial charge in [-0.15, -0.1) is 0 Å². The molecule has 0 aromatic carbocycles. The van der Waals surface area contributed by atoms with Crippen LogP contribution < -0.4 is 5.32 Å². The summed E-state index contributed by atoms with van der Waals surface area (Å²) in [6.07, 6.45) is 0.593. The number of rotatable bonds is 5. The van der Waals surface area contributed by atoms with Crippen LogP contribution in [0.1, 0.15) is 52.0 Å². The van der Waals surface area contributed by atoms with E-state index in [1.165, 1.54) is 0 Å². The van der Waals surface area contributed by atoms with Gasteiger partial charge in [0.2, 0.25) is 0 Å². The van der Waals surface area contributed by atoms with E-state index in [4.69, 9.17) is 0 Å². The zero-order valence-electron chi connectivity index (χ0n) is 13.5. The molecule has 0 fully saturated rings. The fourth-order valence-electron chi connectivity index (χ4n) is 2.48. The summed E-state index contributed by atoms with van der Waals surface area (Å²) in [5.74, 6) is 0. The second-order valence-electron chi connectivity index (χ2n) is 6.59. The van der Waals surface area contributed by atoms with Crippen LogP contribution in [0.5, 0.6) is 0 Å². The fraction of sp³-hybridized carbons (Fsp3) is 0.786. The molecule has 1 heterocycles. The van der Waals surface area contributed by atoms with Gasteiger partial charge in [-0.25, -0.2) is 0 Å². The maximum Gasteiger partial charge on any atom is 0.313 e. The van der Waals surface area contributed by atoms with Crippen LogP contribution in [-0.4, -0.2) is 27.8 Å². The molecule has 1 aromatic heterocycles. The molecule has 0 spiro atoms. The lowest BCUT2D eigenvalue weighted by molar-refractivity contribution is -0.386. The largest absolute Gasteiger partial charge is 0.316 e. The Morgan fingerprint density at radius 2 is 1.95 bits per heavy atom. The molecule has 0 saturated heterocycles. The summed E-state index contributed by atoms with van der Waals surface area (Å²) >= 11 is 0. The smallest absolute Gasteiger partial charge is 0.313 e. The Kier molecular flexibility index (Phi) is 4.91. The van der Waals surface area contributed by atoms with Gasteiger partial charge >= 0.3 is 5.69 Å². The molecule has 6 heteroatoms. The van der Waals surface area contributed by atoms with E-state index in [9.17, 15) is 10.1 Å². The van der Waals surface area contributed by atoms with Crippen LogP contribution in [0.15, 0.2) is 0 Å². The molecule has 0 aliphatic heterocycles. The number of hydrogen-bond donors (Lipinski definition) is 1. The molecule has 6 nitrogen and oxygen atoms in total. The SMILES string of the molecule is CNC(Cc1c([N+](=O)[O-])c(C)nn1C(C)C)C(C)(C)C. The van der Waals surface area contributed by atoms with Crippen molar-refractivity contribution in [3.8, 4) is 0 Å². The summed E-state index contributed by atoms with van der Waals surface area (Å²) < 4.78 is 1.78. The van der Waals surface area contributed by atoms with E-state index in [1.54, 1.807) is 11.6 Å². The van der Waals surface area contributed by atoms with Crippen LogP contribution in [0.4, 0.5) is 5.69 Å². The van der Waals surface area contributed by atoms with Gasteiger partial charge in [0.25, 0.3) is 0 Å². The highest BCUT2D eigenvalue weighted by molar-refractivity contribution is 5.41. The van der Waals surface area contributed by atoms with Gasteiger partial charge in [-0.2, -0.15) is 5.10 Å². The molecule has 0 amide bonds. The average Bonchev–Trinajstić information content (AvgIpc) is 2.61.